The van der Waals surface area contributed by atoms with Crippen molar-refractivity contribution in [2.24, 2.45) is 0 Å². The second-order valence-corrected chi connectivity index (χ2v) is 16.6. The molecule has 1 aliphatic heterocycles. The summed E-state index contributed by atoms with van der Waals surface area (Å²) in [6.07, 6.45) is 4.91. The second-order valence-electron chi connectivity index (χ2n) is 14.9. The van der Waals surface area contributed by atoms with Gasteiger partial charge in [0.15, 0.2) is 5.58 Å². The maximum atomic E-state index is 12.7. The summed E-state index contributed by atoms with van der Waals surface area (Å²) in [6.45, 7) is 14.7. The first kappa shape index (κ1) is 36.4. The molecular formula is C37H44N8O6S. The smallest absolute Gasteiger partial charge is 0.410 e. The van der Waals surface area contributed by atoms with Crippen molar-refractivity contribution in [1.29, 1.82) is 0 Å². The first-order valence-electron chi connectivity index (χ1n) is 17.1. The average molecular weight is 729 g/mol. The molecule has 3 aromatic heterocycles. The topological polar surface area (TPSA) is 174 Å². The Balaban J connectivity index is 1.21. The molecule has 0 unspecified atom stereocenters. The molecule has 0 bridgehead atoms. The van der Waals surface area contributed by atoms with Crippen molar-refractivity contribution in [3.05, 3.63) is 72.6 Å². The molecule has 1 aliphatic rings. The number of piperidine rings is 1. The molecule has 2 aromatic carbocycles. The molecule has 0 aliphatic carbocycles. The number of nitrogens with zero attached hydrogens (tertiary/aromatic N) is 5. The maximum Gasteiger partial charge on any atom is 0.410 e. The SMILES string of the molecule is Cc1ccc(S(=O)(=O)NC(=O)Nc2ccc3nc(-c4cc(-c5ccn(C6CCN(C(=O)OC(C)(C)C)CC6)n5)cnc4NC(C)(C)C)oc3c2)cc1. The van der Waals surface area contributed by atoms with Crippen LogP contribution in [-0.2, 0) is 14.8 Å². The first-order chi connectivity index (χ1) is 24.4. The molecule has 1 fully saturated rings. The molecule has 52 heavy (non-hydrogen) atoms. The van der Waals surface area contributed by atoms with Crippen LogP contribution in [0.4, 0.5) is 21.1 Å². The largest absolute Gasteiger partial charge is 0.444 e. The number of aryl methyl sites for hydroxylation is 1. The van der Waals surface area contributed by atoms with Crippen molar-refractivity contribution >= 4 is 44.8 Å². The predicted octanol–water partition coefficient (Wildman–Crippen LogP) is 7.35. The number of carbonyl (C=O) groups excluding carboxylic acids is 2. The van der Waals surface area contributed by atoms with E-state index in [1.54, 1.807) is 41.4 Å². The third kappa shape index (κ3) is 8.70. The summed E-state index contributed by atoms with van der Waals surface area (Å²) in [5.41, 5.74) is 3.35. The van der Waals surface area contributed by atoms with Crippen LogP contribution in [0, 0.1) is 6.92 Å². The van der Waals surface area contributed by atoms with Gasteiger partial charge >= 0.3 is 12.1 Å². The molecule has 3 N–H and O–H groups in total. The highest BCUT2D eigenvalue weighted by atomic mass is 32.2. The number of hydrogen-bond acceptors (Lipinski definition) is 10. The zero-order valence-electron chi connectivity index (χ0n) is 30.4. The minimum absolute atomic E-state index is 0.0218. The molecule has 0 spiro atoms. The quantitative estimate of drug-likeness (QED) is 0.154. The van der Waals surface area contributed by atoms with Crippen molar-refractivity contribution in [1.82, 2.24) is 29.4 Å². The predicted molar refractivity (Wildman–Crippen MR) is 198 cm³/mol. The van der Waals surface area contributed by atoms with Crippen LogP contribution in [0.3, 0.4) is 0 Å². The minimum Gasteiger partial charge on any atom is -0.444 e. The van der Waals surface area contributed by atoms with E-state index in [-0.39, 0.29) is 22.6 Å². The van der Waals surface area contributed by atoms with Crippen LogP contribution in [0.2, 0.25) is 0 Å². The molecule has 15 heteroatoms. The zero-order valence-corrected chi connectivity index (χ0v) is 31.2. The summed E-state index contributed by atoms with van der Waals surface area (Å²) in [5, 5.41) is 10.9. The van der Waals surface area contributed by atoms with Gasteiger partial charge < -0.3 is 24.7 Å². The van der Waals surface area contributed by atoms with Gasteiger partial charge in [-0.1, -0.05) is 17.7 Å². The Morgan fingerprint density at radius 2 is 1.67 bits per heavy atom. The molecule has 0 atom stereocenters. The van der Waals surface area contributed by atoms with E-state index >= 15 is 0 Å². The fourth-order valence-electron chi connectivity index (χ4n) is 5.73. The second kappa shape index (κ2) is 13.9. The third-order valence-electron chi connectivity index (χ3n) is 8.21. The number of likely N-dealkylation sites (tertiary alicyclic amines) is 1. The number of nitrogens with one attached hydrogen (secondary N) is 3. The summed E-state index contributed by atoms with van der Waals surface area (Å²) < 4.78 is 41.1. The van der Waals surface area contributed by atoms with Crippen molar-refractivity contribution in [2.75, 3.05) is 23.7 Å². The Labute approximate surface area is 303 Å². The Hall–Kier alpha value is -5.44. The van der Waals surface area contributed by atoms with E-state index in [0.717, 1.165) is 29.7 Å². The van der Waals surface area contributed by atoms with E-state index in [9.17, 15) is 18.0 Å². The lowest BCUT2D eigenvalue weighted by molar-refractivity contribution is 0.0184. The van der Waals surface area contributed by atoms with Crippen LogP contribution in [0.15, 0.2) is 76.3 Å². The molecule has 0 saturated carbocycles. The number of amides is 3. The van der Waals surface area contributed by atoms with E-state index in [2.05, 4.69) is 10.6 Å². The monoisotopic (exact) mass is 728 g/mol. The molecule has 6 rings (SSSR count). The van der Waals surface area contributed by atoms with Gasteiger partial charge in [0, 0.05) is 48.3 Å². The number of sulfonamides is 1. The Kier molecular flexibility index (Phi) is 9.75. The maximum absolute atomic E-state index is 12.7. The Morgan fingerprint density at radius 1 is 0.962 bits per heavy atom. The van der Waals surface area contributed by atoms with Gasteiger partial charge in [-0.3, -0.25) is 4.68 Å². The van der Waals surface area contributed by atoms with Crippen LogP contribution >= 0.6 is 0 Å². The van der Waals surface area contributed by atoms with Gasteiger partial charge in [-0.05, 0) is 97.7 Å². The summed E-state index contributed by atoms with van der Waals surface area (Å²) in [4.78, 5) is 36.4. The molecule has 274 valence electrons. The lowest BCUT2D eigenvalue weighted by Gasteiger charge is -2.33. The van der Waals surface area contributed by atoms with Crippen molar-refractivity contribution < 1.29 is 27.2 Å². The zero-order chi connectivity index (χ0) is 37.4. The van der Waals surface area contributed by atoms with E-state index in [1.807, 2.05) is 76.2 Å². The molecule has 4 heterocycles. The highest BCUT2D eigenvalue weighted by molar-refractivity contribution is 7.90. The summed E-state index contributed by atoms with van der Waals surface area (Å²) in [6, 6.07) is 14.1. The van der Waals surface area contributed by atoms with Gasteiger partial charge in [-0.25, -0.2) is 32.7 Å². The van der Waals surface area contributed by atoms with Gasteiger partial charge in [0.2, 0.25) is 5.89 Å². The van der Waals surface area contributed by atoms with Crippen LogP contribution in [0.1, 0.15) is 66.0 Å². The first-order valence-corrected chi connectivity index (χ1v) is 18.5. The minimum atomic E-state index is -4.07. The highest BCUT2D eigenvalue weighted by Gasteiger charge is 2.28. The standard InChI is InChI=1S/C37H44N8O6S/c1-23-8-11-27(12-9-23)52(48,49)43-34(46)39-25-10-13-30-31(21-25)50-33(40-30)28-20-24(22-38-32(28)41-36(2,3)4)29-16-19-45(42-29)26-14-17-44(18-15-26)35(47)51-37(5,6)7/h8-13,16,19-22,26H,14-15,17-18H2,1-7H3,(H,38,41)(H2,39,43,46). The number of anilines is 2. The molecule has 3 amide bonds. The third-order valence-corrected chi connectivity index (χ3v) is 9.56. The molecular weight excluding hydrogens is 685 g/mol. The number of pyridine rings is 1. The van der Waals surface area contributed by atoms with Gasteiger partial charge in [0.25, 0.3) is 10.0 Å². The summed E-state index contributed by atoms with van der Waals surface area (Å²) in [7, 11) is -4.07. The number of rotatable bonds is 7. The van der Waals surface area contributed by atoms with Gasteiger partial charge in [-0.15, -0.1) is 0 Å². The lowest BCUT2D eigenvalue weighted by Crippen LogP contribution is -2.42. The fourth-order valence-corrected chi connectivity index (χ4v) is 6.64. The lowest BCUT2D eigenvalue weighted by atomic mass is 10.1. The van der Waals surface area contributed by atoms with E-state index in [1.165, 1.54) is 12.1 Å². The van der Waals surface area contributed by atoms with Crippen LogP contribution in [-0.4, -0.2) is 69.4 Å². The van der Waals surface area contributed by atoms with Gasteiger partial charge in [-0.2, -0.15) is 5.10 Å². The Morgan fingerprint density at radius 3 is 2.35 bits per heavy atom. The average Bonchev–Trinajstić information content (AvgIpc) is 3.71. The fraction of sp³-hybridized carbons (Fsp3) is 0.378. The molecule has 1 saturated heterocycles. The normalized spacial score (nSPS) is 14.3. The Bertz CT molecular complexity index is 2210. The van der Waals surface area contributed by atoms with E-state index < -0.39 is 21.7 Å². The van der Waals surface area contributed by atoms with Crippen molar-refractivity contribution in [2.45, 2.75) is 83.4 Å². The number of carbonyl (C=O) groups is 2. The molecule has 5 aromatic rings. The number of fused-ring (bicyclic) bond motifs is 1. The van der Waals surface area contributed by atoms with Crippen molar-refractivity contribution in [3.8, 4) is 22.7 Å². The number of benzene rings is 2. The van der Waals surface area contributed by atoms with Crippen LogP contribution in [0.5, 0.6) is 0 Å². The van der Waals surface area contributed by atoms with Crippen LogP contribution < -0.4 is 15.4 Å². The number of oxazole rings is 1. The highest BCUT2D eigenvalue weighted by Crippen LogP contribution is 2.35. The van der Waals surface area contributed by atoms with Gasteiger partial charge in [0.1, 0.15) is 16.9 Å². The van der Waals surface area contributed by atoms with Crippen molar-refractivity contribution in [3.63, 3.8) is 0 Å². The van der Waals surface area contributed by atoms with Gasteiger partial charge in [0.05, 0.1) is 22.2 Å². The van der Waals surface area contributed by atoms with E-state index in [4.69, 9.17) is 24.2 Å². The summed E-state index contributed by atoms with van der Waals surface area (Å²) >= 11 is 0. The van der Waals surface area contributed by atoms with Crippen LogP contribution in [0.25, 0.3) is 33.8 Å². The number of aromatic nitrogens is 4. The molecule has 14 nitrogen and oxygen atoms in total. The number of ether oxygens (including phenoxy) is 1. The molecule has 0 radical (unpaired) electrons. The summed E-state index contributed by atoms with van der Waals surface area (Å²) in [5.74, 6) is 0.865. The number of urea groups is 1. The van der Waals surface area contributed by atoms with E-state index in [0.29, 0.717) is 47.1 Å². The number of hydrogen-bond donors (Lipinski definition) is 3.